The van der Waals surface area contributed by atoms with E-state index in [4.69, 9.17) is 0 Å². The minimum absolute atomic E-state index is 0.0451. The molecule has 0 aromatic heterocycles. The topological polar surface area (TPSA) is 32.3 Å². The van der Waals surface area contributed by atoms with Gasteiger partial charge in [0.15, 0.2) is 0 Å². The molecule has 0 aliphatic carbocycles. The van der Waals surface area contributed by atoms with Gasteiger partial charge in [0.2, 0.25) is 5.91 Å². The fourth-order valence-electron chi connectivity index (χ4n) is 3.59. The number of anilines is 1. The van der Waals surface area contributed by atoms with Crippen molar-refractivity contribution in [2.45, 2.75) is 45.4 Å². The first-order chi connectivity index (χ1) is 10.1. The van der Waals surface area contributed by atoms with Gasteiger partial charge in [0.05, 0.1) is 5.92 Å². The number of fused-ring (bicyclic) bond motifs is 1. The third-order valence-electron chi connectivity index (χ3n) is 5.03. The Kier molecular flexibility index (Phi) is 3.92. The Bertz CT molecular complexity index is 524. The van der Waals surface area contributed by atoms with E-state index < -0.39 is 0 Å². The lowest BCUT2D eigenvalue weighted by atomic mass is 9.85. The van der Waals surface area contributed by atoms with Crippen LogP contribution in [-0.2, 0) is 4.79 Å². The second-order valence-corrected chi connectivity index (χ2v) is 7.20. The molecule has 3 heteroatoms. The number of nitrogens with one attached hydrogen (secondary N) is 1. The number of carbonyl (C=O) groups excluding carboxylic acids is 1. The van der Waals surface area contributed by atoms with Gasteiger partial charge in [-0.3, -0.25) is 4.79 Å². The van der Waals surface area contributed by atoms with E-state index in [1.807, 2.05) is 12.1 Å². The van der Waals surface area contributed by atoms with E-state index >= 15 is 0 Å². The maximum absolute atomic E-state index is 13.0. The number of hydrogen-bond donors (Lipinski definition) is 1. The van der Waals surface area contributed by atoms with E-state index in [2.05, 4.69) is 36.2 Å². The molecule has 0 bridgehead atoms. The third-order valence-corrected chi connectivity index (χ3v) is 5.03. The summed E-state index contributed by atoms with van der Waals surface area (Å²) in [7, 11) is 0. The smallest absolute Gasteiger partial charge is 0.230 e. The van der Waals surface area contributed by atoms with Crippen LogP contribution in [0.25, 0.3) is 0 Å². The first-order valence-corrected chi connectivity index (χ1v) is 8.18. The minimum Gasteiger partial charge on any atom is -0.385 e. The van der Waals surface area contributed by atoms with Gasteiger partial charge in [-0.05, 0) is 42.7 Å². The predicted octanol–water partition coefficient (Wildman–Crippen LogP) is 3.62. The number of rotatable bonds is 1. The Morgan fingerprint density at radius 2 is 2.05 bits per heavy atom. The van der Waals surface area contributed by atoms with E-state index in [1.54, 1.807) is 0 Å². The monoisotopic (exact) mass is 286 g/mol. The lowest BCUT2D eigenvalue weighted by Crippen LogP contribution is -2.38. The van der Waals surface area contributed by atoms with Crippen molar-refractivity contribution in [1.29, 1.82) is 0 Å². The summed E-state index contributed by atoms with van der Waals surface area (Å²) >= 11 is 0. The Labute approximate surface area is 127 Å². The SMILES string of the molecule is CC1(C)CCCN(C(=O)C2CCNc3ccccc32)CC1. The molecule has 21 heavy (non-hydrogen) atoms. The number of amides is 1. The summed E-state index contributed by atoms with van der Waals surface area (Å²) in [5.74, 6) is 0.380. The first-order valence-electron chi connectivity index (χ1n) is 8.18. The number of benzene rings is 1. The summed E-state index contributed by atoms with van der Waals surface area (Å²) < 4.78 is 0. The van der Waals surface area contributed by atoms with Crippen molar-refractivity contribution in [2.75, 3.05) is 25.0 Å². The molecule has 114 valence electrons. The van der Waals surface area contributed by atoms with Crippen molar-refractivity contribution in [1.82, 2.24) is 4.90 Å². The fourth-order valence-corrected chi connectivity index (χ4v) is 3.59. The number of carbonyl (C=O) groups is 1. The fraction of sp³-hybridized carbons (Fsp3) is 0.611. The molecular formula is C18H26N2O. The highest BCUT2D eigenvalue weighted by Crippen LogP contribution is 2.35. The van der Waals surface area contributed by atoms with Gasteiger partial charge >= 0.3 is 0 Å². The van der Waals surface area contributed by atoms with E-state index in [9.17, 15) is 4.79 Å². The Balaban J connectivity index is 1.77. The Hall–Kier alpha value is -1.51. The van der Waals surface area contributed by atoms with Gasteiger partial charge in [0.1, 0.15) is 0 Å². The van der Waals surface area contributed by atoms with Gasteiger partial charge in [0.25, 0.3) is 0 Å². The average Bonchev–Trinajstić information content (AvgIpc) is 2.67. The van der Waals surface area contributed by atoms with Gasteiger partial charge in [-0.2, -0.15) is 0 Å². The molecule has 3 rings (SSSR count). The molecular weight excluding hydrogens is 260 g/mol. The van der Waals surface area contributed by atoms with Gasteiger partial charge in [-0.15, -0.1) is 0 Å². The molecule has 0 radical (unpaired) electrons. The first kappa shape index (κ1) is 14.4. The maximum Gasteiger partial charge on any atom is 0.230 e. The molecule has 0 spiro atoms. The van der Waals surface area contributed by atoms with Crippen molar-refractivity contribution >= 4 is 11.6 Å². The predicted molar refractivity (Wildman–Crippen MR) is 86.5 cm³/mol. The van der Waals surface area contributed by atoms with Crippen molar-refractivity contribution < 1.29 is 4.79 Å². The lowest BCUT2D eigenvalue weighted by Gasteiger charge is -2.31. The maximum atomic E-state index is 13.0. The van der Waals surface area contributed by atoms with E-state index in [0.29, 0.717) is 11.3 Å². The van der Waals surface area contributed by atoms with Crippen molar-refractivity contribution in [3.8, 4) is 0 Å². The van der Waals surface area contributed by atoms with Crippen molar-refractivity contribution in [2.24, 2.45) is 5.41 Å². The van der Waals surface area contributed by atoms with Gasteiger partial charge in [0, 0.05) is 25.3 Å². The summed E-state index contributed by atoms with van der Waals surface area (Å²) in [4.78, 5) is 15.1. The molecule has 3 nitrogen and oxygen atoms in total. The minimum atomic E-state index is 0.0451. The quantitative estimate of drug-likeness (QED) is 0.855. The van der Waals surface area contributed by atoms with Crippen LogP contribution in [0.15, 0.2) is 24.3 Å². The molecule has 1 aromatic rings. The number of likely N-dealkylation sites (tertiary alicyclic amines) is 1. The summed E-state index contributed by atoms with van der Waals surface area (Å²) in [5, 5.41) is 3.41. The number of hydrogen-bond acceptors (Lipinski definition) is 2. The van der Waals surface area contributed by atoms with Crippen LogP contribution in [0.5, 0.6) is 0 Å². The molecule has 1 atom stereocenters. The van der Waals surface area contributed by atoms with Crippen LogP contribution in [0, 0.1) is 5.41 Å². The lowest BCUT2D eigenvalue weighted by molar-refractivity contribution is -0.133. The van der Waals surface area contributed by atoms with E-state index in [-0.39, 0.29) is 5.92 Å². The van der Waals surface area contributed by atoms with Crippen molar-refractivity contribution in [3.05, 3.63) is 29.8 Å². The van der Waals surface area contributed by atoms with Crippen LogP contribution >= 0.6 is 0 Å². The van der Waals surface area contributed by atoms with Gasteiger partial charge in [-0.25, -0.2) is 0 Å². The van der Waals surface area contributed by atoms with Crippen LogP contribution in [-0.4, -0.2) is 30.4 Å². The Morgan fingerprint density at radius 3 is 2.90 bits per heavy atom. The molecule has 2 heterocycles. The summed E-state index contributed by atoms with van der Waals surface area (Å²) in [6.45, 7) is 7.38. The molecule has 2 aliphatic heterocycles. The van der Waals surface area contributed by atoms with E-state index in [1.165, 1.54) is 12.0 Å². The van der Waals surface area contributed by atoms with Crippen molar-refractivity contribution in [3.63, 3.8) is 0 Å². The molecule has 1 fully saturated rings. The van der Waals surface area contributed by atoms with Crippen LogP contribution in [0.3, 0.4) is 0 Å². The molecule has 1 unspecified atom stereocenters. The van der Waals surface area contributed by atoms with Crippen LogP contribution < -0.4 is 5.32 Å². The van der Waals surface area contributed by atoms with Crippen LogP contribution in [0.1, 0.15) is 51.0 Å². The molecule has 1 amide bonds. The third kappa shape index (κ3) is 3.07. The summed E-state index contributed by atoms with van der Waals surface area (Å²) in [6.07, 6.45) is 4.38. The molecule has 0 saturated carbocycles. The Morgan fingerprint density at radius 1 is 1.24 bits per heavy atom. The highest BCUT2D eigenvalue weighted by molar-refractivity contribution is 5.86. The standard InChI is InChI=1S/C18H26N2O/c1-18(2)9-5-12-20(13-10-18)17(21)15-8-11-19-16-7-4-3-6-14(15)16/h3-4,6-7,15,19H,5,8-13H2,1-2H3. The number of nitrogens with zero attached hydrogens (tertiary/aromatic N) is 1. The summed E-state index contributed by atoms with van der Waals surface area (Å²) in [6, 6.07) is 8.26. The number of para-hydroxylation sites is 1. The highest BCUT2D eigenvalue weighted by atomic mass is 16.2. The molecule has 1 aromatic carbocycles. The zero-order valence-electron chi connectivity index (χ0n) is 13.2. The second-order valence-electron chi connectivity index (χ2n) is 7.20. The van der Waals surface area contributed by atoms with Crippen LogP contribution in [0.2, 0.25) is 0 Å². The zero-order chi connectivity index (χ0) is 14.9. The molecule has 1 N–H and O–H groups in total. The highest BCUT2D eigenvalue weighted by Gasteiger charge is 2.32. The zero-order valence-corrected chi connectivity index (χ0v) is 13.2. The largest absolute Gasteiger partial charge is 0.385 e. The van der Waals surface area contributed by atoms with Gasteiger partial charge in [-0.1, -0.05) is 32.0 Å². The second kappa shape index (κ2) is 5.70. The normalized spacial score (nSPS) is 24.7. The molecule has 2 aliphatic rings. The average molecular weight is 286 g/mol. The summed E-state index contributed by atoms with van der Waals surface area (Å²) in [5.41, 5.74) is 2.69. The van der Waals surface area contributed by atoms with Crippen LogP contribution in [0.4, 0.5) is 5.69 Å². The van der Waals surface area contributed by atoms with Gasteiger partial charge < -0.3 is 10.2 Å². The molecule has 1 saturated heterocycles. The van der Waals surface area contributed by atoms with E-state index in [0.717, 1.165) is 44.6 Å².